The van der Waals surface area contributed by atoms with Crippen molar-refractivity contribution >= 4 is 28.2 Å². The zero-order chi connectivity index (χ0) is 17.4. The Morgan fingerprint density at radius 3 is 2.60 bits per heavy atom. The largest absolute Gasteiger partial charge is 0.372 e. The summed E-state index contributed by atoms with van der Waals surface area (Å²) in [7, 11) is 0. The van der Waals surface area contributed by atoms with Gasteiger partial charge in [0.2, 0.25) is 0 Å². The Morgan fingerprint density at radius 2 is 1.84 bits per heavy atom. The highest BCUT2D eigenvalue weighted by Crippen LogP contribution is 2.26. The van der Waals surface area contributed by atoms with Crippen LogP contribution in [0, 0.1) is 13.8 Å². The van der Waals surface area contributed by atoms with Crippen molar-refractivity contribution in [3.05, 3.63) is 59.3 Å². The third kappa shape index (κ3) is 3.12. The molecule has 1 saturated heterocycles. The summed E-state index contributed by atoms with van der Waals surface area (Å²) in [6, 6.07) is 14.3. The van der Waals surface area contributed by atoms with Crippen LogP contribution >= 0.6 is 0 Å². The van der Waals surface area contributed by atoms with Crippen LogP contribution in [0.25, 0.3) is 10.9 Å². The molecule has 2 aromatic carbocycles. The second-order valence-electron chi connectivity index (χ2n) is 6.92. The summed E-state index contributed by atoms with van der Waals surface area (Å²) in [5.74, 6) is -0.106. The van der Waals surface area contributed by atoms with Crippen molar-refractivity contribution < 1.29 is 4.79 Å². The number of carbonyl (C=O) groups excluding carboxylic acids is 1. The van der Waals surface area contributed by atoms with Crippen molar-refractivity contribution in [1.29, 1.82) is 0 Å². The highest BCUT2D eigenvalue weighted by molar-refractivity contribution is 6.06. The number of benzene rings is 2. The molecule has 1 amide bonds. The number of carbonyl (C=O) groups is 1. The van der Waals surface area contributed by atoms with Crippen LogP contribution in [0.4, 0.5) is 11.4 Å². The highest BCUT2D eigenvalue weighted by atomic mass is 16.1. The third-order valence-electron chi connectivity index (χ3n) is 4.95. The average Bonchev–Trinajstić information content (AvgIpc) is 3.25. The van der Waals surface area contributed by atoms with Gasteiger partial charge in [-0.3, -0.25) is 4.79 Å². The molecular weight excluding hydrogens is 310 g/mol. The van der Waals surface area contributed by atoms with Gasteiger partial charge in [-0.1, -0.05) is 11.6 Å². The Balaban J connectivity index is 1.55. The Labute approximate surface area is 147 Å². The molecule has 0 radical (unpaired) electrons. The van der Waals surface area contributed by atoms with Crippen LogP contribution in [-0.2, 0) is 0 Å². The van der Waals surface area contributed by atoms with E-state index < -0.39 is 0 Å². The Bertz CT molecular complexity index is 935. The van der Waals surface area contributed by atoms with Crippen LogP contribution < -0.4 is 10.2 Å². The van der Waals surface area contributed by atoms with Gasteiger partial charge in [0.25, 0.3) is 5.91 Å². The van der Waals surface area contributed by atoms with Gasteiger partial charge >= 0.3 is 0 Å². The monoisotopic (exact) mass is 333 g/mol. The van der Waals surface area contributed by atoms with E-state index in [0.717, 1.165) is 35.2 Å². The molecule has 0 bridgehead atoms. The molecule has 3 aromatic rings. The summed E-state index contributed by atoms with van der Waals surface area (Å²) < 4.78 is 0. The molecule has 1 aliphatic rings. The quantitative estimate of drug-likeness (QED) is 0.734. The number of fused-ring (bicyclic) bond motifs is 1. The fourth-order valence-corrected chi connectivity index (χ4v) is 3.52. The maximum Gasteiger partial charge on any atom is 0.272 e. The predicted octanol–water partition coefficient (Wildman–Crippen LogP) is 4.64. The molecule has 0 aliphatic carbocycles. The number of aromatic amines is 1. The number of nitrogens with zero attached hydrogens (tertiary/aromatic N) is 1. The standard InChI is InChI=1S/C21H23N3O/c1-14-5-7-19-16(11-14)13-20(22-19)21(25)23-18-8-6-17(12-15(18)2)24-9-3-4-10-24/h5-8,11-13,22H,3-4,9-10H2,1-2H3,(H,23,25). The molecule has 1 aliphatic heterocycles. The number of amides is 1. The summed E-state index contributed by atoms with van der Waals surface area (Å²) in [6.07, 6.45) is 2.52. The SMILES string of the molecule is Cc1ccc2[nH]c(C(=O)Nc3ccc(N4CCCC4)cc3C)cc2c1. The van der Waals surface area contributed by atoms with Crippen molar-refractivity contribution in [1.82, 2.24) is 4.98 Å². The van der Waals surface area contributed by atoms with Crippen molar-refractivity contribution in [3.8, 4) is 0 Å². The van der Waals surface area contributed by atoms with Crippen LogP contribution in [0.2, 0.25) is 0 Å². The Kier molecular flexibility index (Phi) is 3.96. The third-order valence-corrected chi connectivity index (χ3v) is 4.95. The lowest BCUT2D eigenvalue weighted by atomic mass is 10.1. The molecule has 25 heavy (non-hydrogen) atoms. The lowest BCUT2D eigenvalue weighted by molar-refractivity contribution is 0.102. The minimum Gasteiger partial charge on any atom is -0.372 e. The number of aromatic nitrogens is 1. The lowest BCUT2D eigenvalue weighted by Crippen LogP contribution is -2.18. The summed E-state index contributed by atoms with van der Waals surface area (Å²) in [5, 5.41) is 4.09. The normalized spacial score (nSPS) is 14.2. The summed E-state index contributed by atoms with van der Waals surface area (Å²) >= 11 is 0. The first kappa shape index (κ1) is 15.8. The predicted molar refractivity (Wildman–Crippen MR) is 104 cm³/mol. The van der Waals surface area contributed by atoms with Gasteiger partial charge < -0.3 is 15.2 Å². The number of hydrogen-bond acceptors (Lipinski definition) is 2. The van der Waals surface area contributed by atoms with Crippen molar-refractivity contribution in [2.75, 3.05) is 23.3 Å². The van der Waals surface area contributed by atoms with Crippen molar-refractivity contribution in [2.24, 2.45) is 0 Å². The molecule has 4 heteroatoms. The van der Waals surface area contributed by atoms with E-state index in [9.17, 15) is 4.79 Å². The molecule has 0 unspecified atom stereocenters. The number of anilines is 2. The molecule has 1 fully saturated rings. The van der Waals surface area contributed by atoms with Crippen LogP contribution in [0.15, 0.2) is 42.5 Å². The van der Waals surface area contributed by atoms with Gasteiger partial charge in [0.05, 0.1) is 0 Å². The van der Waals surface area contributed by atoms with E-state index in [1.807, 2.05) is 31.2 Å². The smallest absolute Gasteiger partial charge is 0.272 e. The molecule has 0 saturated carbocycles. The van der Waals surface area contributed by atoms with Crippen LogP contribution in [-0.4, -0.2) is 24.0 Å². The van der Waals surface area contributed by atoms with Gasteiger partial charge in [-0.05, 0) is 68.7 Å². The van der Waals surface area contributed by atoms with Gasteiger partial charge in [0.1, 0.15) is 5.69 Å². The van der Waals surface area contributed by atoms with Gasteiger partial charge in [-0.15, -0.1) is 0 Å². The first-order chi connectivity index (χ1) is 12.1. The molecule has 4 rings (SSSR count). The van der Waals surface area contributed by atoms with E-state index in [1.54, 1.807) is 0 Å². The summed E-state index contributed by atoms with van der Waals surface area (Å²) in [4.78, 5) is 18.2. The lowest BCUT2D eigenvalue weighted by Gasteiger charge is -2.19. The van der Waals surface area contributed by atoms with E-state index in [0.29, 0.717) is 5.69 Å². The van der Waals surface area contributed by atoms with Crippen molar-refractivity contribution in [2.45, 2.75) is 26.7 Å². The Hall–Kier alpha value is -2.75. The Morgan fingerprint density at radius 1 is 1.04 bits per heavy atom. The minimum absolute atomic E-state index is 0.106. The van der Waals surface area contributed by atoms with E-state index in [2.05, 4.69) is 40.3 Å². The second-order valence-corrected chi connectivity index (χ2v) is 6.92. The number of rotatable bonds is 3. The van der Waals surface area contributed by atoms with Crippen LogP contribution in [0.5, 0.6) is 0 Å². The van der Waals surface area contributed by atoms with Crippen LogP contribution in [0.3, 0.4) is 0 Å². The van der Waals surface area contributed by atoms with Crippen molar-refractivity contribution in [3.63, 3.8) is 0 Å². The molecule has 0 spiro atoms. The minimum atomic E-state index is -0.106. The number of nitrogens with one attached hydrogen (secondary N) is 2. The second kappa shape index (κ2) is 6.28. The summed E-state index contributed by atoms with van der Waals surface area (Å²) in [6.45, 7) is 6.35. The van der Waals surface area contributed by atoms with Gasteiger partial charge in [0.15, 0.2) is 0 Å². The van der Waals surface area contributed by atoms with Gasteiger partial charge in [0, 0.05) is 35.4 Å². The number of H-pyrrole nitrogens is 1. The highest BCUT2D eigenvalue weighted by Gasteiger charge is 2.15. The fourth-order valence-electron chi connectivity index (χ4n) is 3.52. The van der Waals surface area contributed by atoms with Crippen LogP contribution in [0.1, 0.15) is 34.5 Å². The average molecular weight is 333 g/mol. The first-order valence-corrected chi connectivity index (χ1v) is 8.86. The molecular formula is C21H23N3O. The molecule has 1 aromatic heterocycles. The molecule has 2 N–H and O–H groups in total. The fraction of sp³-hybridized carbons (Fsp3) is 0.286. The molecule has 0 atom stereocenters. The maximum absolute atomic E-state index is 12.6. The van der Waals surface area contributed by atoms with E-state index >= 15 is 0 Å². The zero-order valence-electron chi connectivity index (χ0n) is 14.7. The zero-order valence-corrected chi connectivity index (χ0v) is 14.7. The van der Waals surface area contributed by atoms with E-state index in [-0.39, 0.29) is 5.91 Å². The van der Waals surface area contributed by atoms with E-state index in [4.69, 9.17) is 0 Å². The summed E-state index contributed by atoms with van der Waals surface area (Å²) in [5.41, 5.74) is 5.95. The van der Waals surface area contributed by atoms with Gasteiger partial charge in [-0.25, -0.2) is 0 Å². The number of aryl methyl sites for hydroxylation is 2. The topological polar surface area (TPSA) is 48.1 Å². The van der Waals surface area contributed by atoms with Gasteiger partial charge in [-0.2, -0.15) is 0 Å². The number of hydrogen-bond donors (Lipinski definition) is 2. The molecule has 2 heterocycles. The maximum atomic E-state index is 12.6. The molecule has 128 valence electrons. The molecule has 4 nitrogen and oxygen atoms in total. The van der Waals surface area contributed by atoms with E-state index in [1.165, 1.54) is 24.1 Å². The first-order valence-electron chi connectivity index (χ1n) is 8.86.